The molecule has 0 unspecified atom stereocenters. The van der Waals surface area contributed by atoms with Crippen molar-refractivity contribution in [1.82, 2.24) is 0 Å². The third kappa shape index (κ3) is 2.75. The summed E-state index contributed by atoms with van der Waals surface area (Å²) in [6.07, 6.45) is 5.03. The molecule has 0 atom stereocenters. The Bertz CT molecular complexity index is 410. The molecule has 1 aliphatic rings. The van der Waals surface area contributed by atoms with Gasteiger partial charge in [0.1, 0.15) is 0 Å². The second-order valence-corrected chi connectivity index (χ2v) is 4.63. The lowest BCUT2D eigenvalue weighted by Gasteiger charge is -2.24. The fraction of sp³-hybridized carbons (Fsp3) is 0.538. The molecule has 0 radical (unpaired) electrons. The van der Waals surface area contributed by atoms with Crippen LogP contribution in [-0.4, -0.2) is 18.0 Å². The molecule has 0 amide bonds. The molecule has 4 heteroatoms. The van der Waals surface area contributed by atoms with Gasteiger partial charge in [-0.1, -0.05) is 12.8 Å². The normalized spacial score (nSPS) is 16.6. The summed E-state index contributed by atoms with van der Waals surface area (Å²) in [5.74, 6) is 0. The van der Waals surface area contributed by atoms with Gasteiger partial charge < -0.3 is 4.90 Å². The molecule has 1 aromatic rings. The first kappa shape index (κ1) is 11.9. The Hall–Kier alpha value is -1.58. The van der Waals surface area contributed by atoms with Gasteiger partial charge in [0, 0.05) is 30.9 Å². The molecule has 1 aromatic carbocycles. The number of benzene rings is 1. The van der Waals surface area contributed by atoms with Gasteiger partial charge in [-0.25, -0.2) is 0 Å². The number of anilines is 1. The number of aryl methyl sites for hydroxylation is 1. The molecule has 17 heavy (non-hydrogen) atoms. The second-order valence-electron chi connectivity index (χ2n) is 4.63. The monoisotopic (exact) mass is 234 g/mol. The van der Waals surface area contributed by atoms with E-state index in [9.17, 15) is 10.1 Å². The van der Waals surface area contributed by atoms with E-state index in [1.165, 1.54) is 25.7 Å². The van der Waals surface area contributed by atoms with Gasteiger partial charge in [-0.15, -0.1) is 0 Å². The van der Waals surface area contributed by atoms with Crippen LogP contribution in [0.4, 0.5) is 11.4 Å². The Balaban J connectivity index is 2.22. The molecule has 0 spiro atoms. The van der Waals surface area contributed by atoms with Crippen LogP contribution < -0.4 is 4.90 Å². The number of hydrogen-bond donors (Lipinski definition) is 0. The zero-order valence-corrected chi connectivity index (χ0v) is 10.2. The van der Waals surface area contributed by atoms with Gasteiger partial charge in [0.25, 0.3) is 5.69 Å². The Morgan fingerprint density at radius 1 is 1.18 bits per heavy atom. The van der Waals surface area contributed by atoms with E-state index in [1.54, 1.807) is 12.1 Å². The summed E-state index contributed by atoms with van der Waals surface area (Å²) in [5, 5.41) is 10.7. The van der Waals surface area contributed by atoms with E-state index in [2.05, 4.69) is 4.90 Å². The lowest BCUT2D eigenvalue weighted by Crippen LogP contribution is -2.24. The standard InChI is InChI=1S/C13H18N2O2/c1-11-10-12(15(16)17)6-7-13(11)14-8-4-2-3-5-9-14/h6-7,10H,2-5,8-9H2,1H3. The smallest absolute Gasteiger partial charge is 0.269 e. The van der Waals surface area contributed by atoms with Crippen LogP contribution in [0.15, 0.2) is 18.2 Å². The first-order chi connectivity index (χ1) is 8.18. The SMILES string of the molecule is Cc1cc([N+](=O)[O-])ccc1N1CCCCCC1. The Kier molecular flexibility index (Phi) is 3.61. The summed E-state index contributed by atoms with van der Waals surface area (Å²) in [5.41, 5.74) is 2.33. The highest BCUT2D eigenvalue weighted by molar-refractivity contribution is 5.57. The number of nitrogens with zero attached hydrogens (tertiary/aromatic N) is 2. The van der Waals surface area contributed by atoms with Crippen LogP contribution in [0.5, 0.6) is 0 Å². The van der Waals surface area contributed by atoms with Gasteiger partial charge in [0.15, 0.2) is 0 Å². The van der Waals surface area contributed by atoms with Crippen LogP contribution in [0, 0.1) is 17.0 Å². The highest BCUT2D eigenvalue weighted by atomic mass is 16.6. The van der Waals surface area contributed by atoms with Crippen molar-refractivity contribution in [1.29, 1.82) is 0 Å². The van der Waals surface area contributed by atoms with Crippen LogP contribution in [0.25, 0.3) is 0 Å². The fourth-order valence-electron chi connectivity index (χ4n) is 2.42. The maximum absolute atomic E-state index is 10.7. The zero-order chi connectivity index (χ0) is 12.3. The molecule has 1 saturated heterocycles. The minimum Gasteiger partial charge on any atom is -0.371 e. The molecular formula is C13H18N2O2. The Morgan fingerprint density at radius 2 is 1.82 bits per heavy atom. The maximum atomic E-state index is 10.7. The molecule has 1 heterocycles. The maximum Gasteiger partial charge on any atom is 0.269 e. The molecule has 4 nitrogen and oxygen atoms in total. The number of non-ortho nitro benzene ring substituents is 1. The van der Waals surface area contributed by atoms with Crippen LogP contribution in [0.3, 0.4) is 0 Å². The minimum absolute atomic E-state index is 0.182. The highest BCUT2D eigenvalue weighted by Gasteiger charge is 2.14. The van der Waals surface area contributed by atoms with Crippen LogP contribution >= 0.6 is 0 Å². The lowest BCUT2D eigenvalue weighted by atomic mass is 10.1. The van der Waals surface area contributed by atoms with Gasteiger partial charge in [-0.3, -0.25) is 10.1 Å². The van der Waals surface area contributed by atoms with Gasteiger partial charge in [0.2, 0.25) is 0 Å². The molecular weight excluding hydrogens is 216 g/mol. The van der Waals surface area contributed by atoms with Crippen LogP contribution in [0.1, 0.15) is 31.2 Å². The van der Waals surface area contributed by atoms with Crippen LogP contribution in [0.2, 0.25) is 0 Å². The molecule has 0 aromatic heterocycles. The van der Waals surface area contributed by atoms with Crippen molar-refractivity contribution in [2.75, 3.05) is 18.0 Å². The Morgan fingerprint density at radius 3 is 2.35 bits per heavy atom. The predicted molar refractivity (Wildman–Crippen MR) is 68.5 cm³/mol. The summed E-state index contributed by atoms with van der Waals surface area (Å²) in [4.78, 5) is 12.7. The van der Waals surface area contributed by atoms with Crippen molar-refractivity contribution in [3.63, 3.8) is 0 Å². The quantitative estimate of drug-likeness (QED) is 0.582. The third-order valence-electron chi connectivity index (χ3n) is 3.34. The lowest BCUT2D eigenvalue weighted by molar-refractivity contribution is -0.384. The van der Waals surface area contributed by atoms with Crippen molar-refractivity contribution in [3.05, 3.63) is 33.9 Å². The number of nitro groups is 1. The highest BCUT2D eigenvalue weighted by Crippen LogP contribution is 2.26. The number of rotatable bonds is 2. The zero-order valence-electron chi connectivity index (χ0n) is 10.2. The third-order valence-corrected chi connectivity index (χ3v) is 3.34. The molecule has 92 valence electrons. The second kappa shape index (κ2) is 5.17. The largest absolute Gasteiger partial charge is 0.371 e. The van der Waals surface area contributed by atoms with E-state index < -0.39 is 0 Å². The summed E-state index contributed by atoms with van der Waals surface area (Å²) in [6, 6.07) is 5.16. The van der Waals surface area contributed by atoms with Crippen molar-refractivity contribution in [2.24, 2.45) is 0 Å². The van der Waals surface area contributed by atoms with E-state index in [4.69, 9.17) is 0 Å². The summed E-state index contributed by atoms with van der Waals surface area (Å²) in [6.45, 7) is 4.09. The average Bonchev–Trinajstić information content (AvgIpc) is 2.57. The van der Waals surface area contributed by atoms with E-state index in [0.29, 0.717) is 0 Å². The van der Waals surface area contributed by atoms with E-state index in [1.807, 2.05) is 13.0 Å². The summed E-state index contributed by atoms with van der Waals surface area (Å²) < 4.78 is 0. The van der Waals surface area contributed by atoms with Gasteiger partial charge >= 0.3 is 0 Å². The molecule has 1 aliphatic heterocycles. The molecule has 0 saturated carbocycles. The van der Waals surface area contributed by atoms with Crippen molar-refractivity contribution in [3.8, 4) is 0 Å². The molecule has 0 bridgehead atoms. The Labute approximate surface area is 101 Å². The average molecular weight is 234 g/mol. The van der Waals surface area contributed by atoms with Crippen molar-refractivity contribution >= 4 is 11.4 Å². The van der Waals surface area contributed by atoms with E-state index in [-0.39, 0.29) is 10.6 Å². The molecule has 2 rings (SSSR count). The topological polar surface area (TPSA) is 46.4 Å². The minimum atomic E-state index is -0.334. The summed E-state index contributed by atoms with van der Waals surface area (Å²) >= 11 is 0. The van der Waals surface area contributed by atoms with Crippen molar-refractivity contribution in [2.45, 2.75) is 32.6 Å². The summed E-state index contributed by atoms with van der Waals surface area (Å²) in [7, 11) is 0. The fourth-order valence-corrected chi connectivity index (χ4v) is 2.42. The molecule has 1 fully saturated rings. The van der Waals surface area contributed by atoms with Gasteiger partial charge in [-0.05, 0) is 31.4 Å². The number of hydrogen-bond acceptors (Lipinski definition) is 3. The predicted octanol–water partition coefficient (Wildman–Crippen LogP) is 3.28. The van der Waals surface area contributed by atoms with E-state index >= 15 is 0 Å². The van der Waals surface area contributed by atoms with E-state index in [0.717, 1.165) is 24.3 Å². The van der Waals surface area contributed by atoms with Gasteiger partial charge in [0.05, 0.1) is 4.92 Å². The van der Waals surface area contributed by atoms with Crippen molar-refractivity contribution < 1.29 is 4.92 Å². The first-order valence-corrected chi connectivity index (χ1v) is 6.18. The van der Waals surface area contributed by atoms with Crippen LogP contribution in [-0.2, 0) is 0 Å². The van der Waals surface area contributed by atoms with Gasteiger partial charge in [-0.2, -0.15) is 0 Å². The molecule has 0 N–H and O–H groups in total. The first-order valence-electron chi connectivity index (χ1n) is 6.18. The molecule has 0 aliphatic carbocycles. The number of nitro benzene ring substituents is 1.